The van der Waals surface area contributed by atoms with Crippen molar-refractivity contribution in [2.45, 2.75) is 33.6 Å². The Hall–Kier alpha value is -2.76. The summed E-state index contributed by atoms with van der Waals surface area (Å²) in [6.45, 7) is 5.85. The molecule has 0 bridgehead atoms. The lowest BCUT2D eigenvalue weighted by molar-refractivity contribution is -0.134. The highest BCUT2D eigenvalue weighted by Gasteiger charge is 2.18. The zero-order valence-electron chi connectivity index (χ0n) is 15.8. The minimum Gasteiger partial charge on any atom is -0.334 e. The zero-order valence-corrected chi connectivity index (χ0v) is 15.8. The smallest absolute Gasteiger partial charge is 0.244 e. The molecule has 0 radical (unpaired) electrons. The lowest BCUT2D eigenvalue weighted by Gasteiger charge is -2.21. The summed E-state index contributed by atoms with van der Waals surface area (Å²) in [7, 11) is 0. The third-order valence-electron chi connectivity index (χ3n) is 4.40. The van der Waals surface area contributed by atoms with Gasteiger partial charge in [-0.3, -0.25) is 9.59 Å². The number of carbonyl (C=O) groups is 2. The molecule has 0 fully saturated rings. The SMILES string of the molecule is CCN(CC(=O)Nc1c(F)cccc1F)C(=O)CCc1ccc(C)cc1C. The van der Waals surface area contributed by atoms with Gasteiger partial charge in [0.1, 0.15) is 17.3 Å². The van der Waals surface area contributed by atoms with Gasteiger partial charge in [-0.05, 0) is 50.5 Å². The van der Waals surface area contributed by atoms with Gasteiger partial charge in [0.2, 0.25) is 11.8 Å². The molecule has 2 rings (SSSR count). The van der Waals surface area contributed by atoms with Crippen molar-refractivity contribution in [1.82, 2.24) is 4.90 Å². The minimum absolute atomic E-state index is 0.179. The van der Waals surface area contributed by atoms with Gasteiger partial charge in [-0.25, -0.2) is 8.78 Å². The number of likely N-dealkylation sites (N-methyl/N-ethyl adjacent to an activating group) is 1. The molecule has 0 aliphatic heterocycles. The number of carbonyl (C=O) groups excluding carboxylic acids is 2. The van der Waals surface area contributed by atoms with Crippen LogP contribution in [0.5, 0.6) is 0 Å². The second kappa shape index (κ2) is 9.26. The monoisotopic (exact) mass is 374 g/mol. The number of rotatable bonds is 7. The number of benzene rings is 2. The Morgan fingerprint density at radius 3 is 2.33 bits per heavy atom. The van der Waals surface area contributed by atoms with Gasteiger partial charge in [-0.1, -0.05) is 29.8 Å². The molecule has 1 N–H and O–H groups in total. The Bertz CT molecular complexity index is 817. The largest absolute Gasteiger partial charge is 0.334 e. The van der Waals surface area contributed by atoms with E-state index in [1.165, 1.54) is 11.0 Å². The van der Waals surface area contributed by atoms with Gasteiger partial charge in [0, 0.05) is 13.0 Å². The van der Waals surface area contributed by atoms with Crippen LogP contribution < -0.4 is 5.32 Å². The van der Waals surface area contributed by atoms with Crippen molar-refractivity contribution in [3.63, 3.8) is 0 Å². The molecule has 0 unspecified atom stereocenters. The summed E-state index contributed by atoms with van der Waals surface area (Å²) in [5, 5.41) is 2.20. The Morgan fingerprint density at radius 2 is 1.74 bits per heavy atom. The number of para-hydroxylation sites is 1. The first-order chi connectivity index (χ1) is 12.8. The number of amides is 2. The lowest BCUT2D eigenvalue weighted by Crippen LogP contribution is -2.38. The van der Waals surface area contributed by atoms with Crippen LogP contribution >= 0.6 is 0 Å². The van der Waals surface area contributed by atoms with Crippen LogP contribution in [0.4, 0.5) is 14.5 Å². The Labute approximate surface area is 158 Å². The highest BCUT2D eigenvalue weighted by molar-refractivity contribution is 5.94. The molecule has 0 atom stereocenters. The van der Waals surface area contributed by atoms with Crippen molar-refractivity contribution in [3.05, 3.63) is 64.7 Å². The zero-order chi connectivity index (χ0) is 20.0. The van der Waals surface area contributed by atoms with Crippen molar-refractivity contribution < 1.29 is 18.4 Å². The van der Waals surface area contributed by atoms with Gasteiger partial charge in [-0.2, -0.15) is 0 Å². The average molecular weight is 374 g/mol. The molecule has 27 heavy (non-hydrogen) atoms. The molecule has 0 aliphatic carbocycles. The predicted molar refractivity (Wildman–Crippen MR) is 101 cm³/mol. The highest BCUT2D eigenvalue weighted by Crippen LogP contribution is 2.18. The van der Waals surface area contributed by atoms with Gasteiger partial charge >= 0.3 is 0 Å². The fourth-order valence-electron chi connectivity index (χ4n) is 2.87. The van der Waals surface area contributed by atoms with Crippen LogP contribution in [0.1, 0.15) is 30.0 Å². The maximum absolute atomic E-state index is 13.6. The summed E-state index contributed by atoms with van der Waals surface area (Å²) in [5.74, 6) is -2.53. The van der Waals surface area contributed by atoms with E-state index in [1.54, 1.807) is 6.92 Å². The van der Waals surface area contributed by atoms with E-state index in [9.17, 15) is 18.4 Å². The normalized spacial score (nSPS) is 10.6. The van der Waals surface area contributed by atoms with Crippen LogP contribution in [-0.2, 0) is 16.0 Å². The summed E-state index contributed by atoms with van der Waals surface area (Å²) in [5.41, 5.74) is 2.87. The number of hydrogen-bond acceptors (Lipinski definition) is 2. The quantitative estimate of drug-likeness (QED) is 0.796. The van der Waals surface area contributed by atoms with Crippen molar-refractivity contribution >= 4 is 17.5 Å². The summed E-state index contributed by atoms with van der Waals surface area (Å²) >= 11 is 0. The molecule has 2 amide bonds. The van der Waals surface area contributed by atoms with Crippen molar-refractivity contribution in [2.24, 2.45) is 0 Å². The van der Waals surface area contributed by atoms with Gasteiger partial charge < -0.3 is 10.2 Å². The fraction of sp³-hybridized carbons (Fsp3) is 0.333. The standard InChI is InChI=1S/C21H24F2N2O2/c1-4-25(13-19(26)24-21-17(22)6-5-7-18(21)23)20(27)11-10-16-9-8-14(2)12-15(16)3/h5-9,12H,4,10-11,13H2,1-3H3,(H,24,26). The summed E-state index contributed by atoms with van der Waals surface area (Å²) < 4.78 is 27.3. The number of hydrogen-bond donors (Lipinski definition) is 1. The molecule has 2 aromatic rings. The van der Waals surface area contributed by atoms with E-state index in [2.05, 4.69) is 11.4 Å². The molecular formula is C21H24F2N2O2. The van der Waals surface area contributed by atoms with E-state index in [4.69, 9.17) is 0 Å². The minimum atomic E-state index is -0.854. The topological polar surface area (TPSA) is 49.4 Å². The first-order valence-electron chi connectivity index (χ1n) is 8.89. The van der Waals surface area contributed by atoms with Crippen molar-refractivity contribution in [1.29, 1.82) is 0 Å². The van der Waals surface area contributed by atoms with E-state index >= 15 is 0 Å². The molecule has 0 aromatic heterocycles. The number of anilines is 1. The molecule has 0 saturated carbocycles. The number of aryl methyl sites for hydroxylation is 3. The third-order valence-corrected chi connectivity index (χ3v) is 4.40. The predicted octanol–water partition coefficient (Wildman–Crippen LogP) is 4.00. The van der Waals surface area contributed by atoms with Crippen LogP contribution in [-0.4, -0.2) is 29.8 Å². The molecule has 4 nitrogen and oxygen atoms in total. The Balaban J connectivity index is 1.95. The Morgan fingerprint density at radius 1 is 1.07 bits per heavy atom. The van der Waals surface area contributed by atoms with Crippen LogP contribution in [0.3, 0.4) is 0 Å². The maximum Gasteiger partial charge on any atom is 0.244 e. The molecule has 6 heteroatoms. The van der Waals surface area contributed by atoms with E-state index < -0.39 is 23.2 Å². The second-order valence-electron chi connectivity index (χ2n) is 6.48. The fourth-order valence-corrected chi connectivity index (χ4v) is 2.87. The second-order valence-corrected chi connectivity index (χ2v) is 6.48. The van der Waals surface area contributed by atoms with Gasteiger partial charge in [-0.15, -0.1) is 0 Å². The average Bonchev–Trinajstić information content (AvgIpc) is 2.62. The molecule has 0 aliphatic rings. The van der Waals surface area contributed by atoms with Crippen LogP contribution in [0.15, 0.2) is 36.4 Å². The number of halogens is 2. The van der Waals surface area contributed by atoms with E-state index in [0.29, 0.717) is 13.0 Å². The first-order valence-corrected chi connectivity index (χ1v) is 8.89. The van der Waals surface area contributed by atoms with Gasteiger partial charge in [0.15, 0.2) is 0 Å². The first kappa shape index (κ1) is 20.6. The third kappa shape index (κ3) is 5.61. The van der Waals surface area contributed by atoms with E-state index in [1.807, 2.05) is 26.0 Å². The lowest BCUT2D eigenvalue weighted by atomic mass is 10.0. The summed E-state index contributed by atoms with van der Waals surface area (Å²) in [6.07, 6.45) is 0.837. The molecule has 0 saturated heterocycles. The molecule has 0 spiro atoms. The molecule has 2 aromatic carbocycles. The van der Waals surface area contributed by atoms with Crippen LogP contribution in [0.2, 0.25) is 0 Å². The van der Waals surface area contributed by atoms with Crippen LogP contribution in [0, 0.1) is 25.5 Å². The molecule has 0 heterocycles. The Kier molecular flexibility index (Phi) is 7.05. The summed E-state index contributed by atoms with van der Waals surface area (Å²) in [6, 6.07) is 9.41. The molecule has 144 valence electrons. The number of nitrogens with one attached hydrogen (secondary N) is 1. The van der Waals surface area contributed by atoms with E-state index in [0.717, 1.165) is 28.8 Å². The summed E-state index contributed by atoms with van der Waals surface area (Å²) in [4.78, 5) is 25.9. The van der Waals surface area contributed by atoms with Gasteiger partial charge in [0.25, 0.3) is 0 Å². The maximum atomic E-state index is 13.6. The number of nitrogens with zero attached hydrogens (tertiary/aromatic N) is 1. The molecular weight excluding hydrogens is 350 g/mol. The van der Waals surface area contributed by atoms with E-state index in [-0.39, 0.29) is 18.9 Å². The highest BCUT2D eigenvalue weighted by atomic mass is 19.1. The van der Waals surface area contributed by atoms with Gasteiger partial charge in [0.05, 0.1) is 6.54 Å². The van der Waals surface area contributed by atoms with Crippen LogP contribution in [0.25, 0.3) is 0 Å². The van der Waals surface area contributed by atoms with Crippen molar-refractivity contribution in [2.75, 3.05) is 18.4 Å². The van der Waals surface area contributed by atoms with Crippen molar-refractivity contribution in [3.8, 4) is 0 Å².